The number of nitrogens with zero attached hydrogens (tertiary/aromatic N) is 2. The van der Waals surface area contributed by atoms with E-state index >= 15 is 0 Å². The minimum Gasteiger partial charge on any atom is -0.492 e. The van der Waals surface area contributed by atoms with Crippen LogP contribution in [0.1, 0.15) is 29.9 Å². The first-order chi connectivity index (χ1) is 17.8. The molecular weight excluding hydrogens is 512 g/mol. The molecule has 10 heteroatoms. The second kappa shape index (κ2) is 11.5. The summed E-state index contributed by atoms with van der Waals surface area (Å²) < 4.78 is 35.2. The third-order valence-electron chi connectivity index (χ3n) is 5.67. The van der Waals surface area contributed by atoms with Crippen LogP contribution in [-0.4, -0.2) is 30.6 Å². The maximum Gasteiger partial charge on any atom is 0.329 e. The molecule has 0 saturated carbocycles. The van der Waals surface area contributed by atoms with E-state index in [0.29, 0.717) is 40.9 Å². The summed E-state index contributed by atoms with van der Waals surface area (Å²) in [5.74, 6) is 1.07. The molecule has 0 spiro atoms. The molecule has 0 bridgehead atoms. The zero-order valence-corrected chi connectivity index (χ0v) is 22.0. The lowest BCUT2D eigenvalue weighted by Crippen LogP contribution is -2.42. The quantitative estimate of drug-likeness (QED) is 0.305. The smallest absolute Gasteiger partial charge is 0.329 e. The van der Waals surface area contributed by atoms with E-state index in [1.165, 1.54) is 6.07 Å². The molecule has 3 aromatic carbocycles. The highest BCUT2D eigenvalue weighted by molar-refractivity contribution is 7.90. The van der Waals surface area contributed by atoms with Gasteiger partial charge in [0.1, 0.15) is 11.6 Å². The average Bonchev–Trinajstić information content (AvgIpc) is 3.35. The number of amides is 2. The van der Waals surface area contributed by atoms with Crippen LogP contribution in [0.2, 0.25) is 5.02 Å². The highest BCUT2D eigenvalue weighted by Crippen LogP contribution is 2.29. The molecule has 2 N–H and O–H groups in total. The van der Waals surface area contributed by atoms with Crippen molar-refractivity contribution >= 4 is 27.7 Å². The van der Waals surface area contributed by atoms with Crippen molar-refractivity contribution < 1.29 is 17.9 Å². The largest absolute Gasteiger partial charge is 0.492 e. The fourth-order valence-electron chi connectivity index (χ4n) is 3.98. The van der Waals surface area contributed by atoms with E-state index in [9.17, 15) is 13.2 Å². The SMILES string of the molecule is CCOc1ccc(-n2ccnc2C(Cc2ccccc2)NC(=O)NS(=O)(=O)c2ccccc2C)cc1Cl. The molecule has 1 unspecified atom stereocenters. The molecule has 0 aliphatic rings. The molecule has 1 atom stereocenters. The Hall–Kier alpha value is -3.82. The first kappa shape index (κ1) is 26.2. The van der Waals surface area contributed by atoms with E-state index in [4.69, 9.17) is 16.3 Å². The standard InChI is InChI=1S/C27H27ClN4O4S/c1-3-36-24-14-13-21(18-22(24)28)32-16-15-29-26(32)23(17-20-10-5-4-6-11-20)30-27(33)31-37(34,35)25-12-8-7-9-19(25)2/h4-16,18,23H,3,17H2,1-2H3,(H2,30,31,33). The van der Waals surface area contributed by atoms with Crippen molar-refractivity contribution in [3.8, 4) is 11.4 Å². The Balaban J connectivity index is 1.64. The van der Waals surface area contributed by atoms with Gasteiger partial charge in [-0.15, -0.1) is 0 Å². The molecule has 192 valence electrons. The number of carbonyl (C=O) groups is 1. The summed E-state index contributed by atoms with van der Waals surface area (Å²) in [5, 5.41) is 3.24. The predicted octanol–water partition coefficient (Wildman–Crippen LogP) is 5.20. The highest BCUT2D eigenvalue weighted by Gasteiger charge is 2.25. The van der Waals surface area contributed by atoms with Crippen LogP contribution in [0.15, 0.2) is 90.1 Å². The number of rotatable bonds is 9. The fraction of sp³-hybridized carbons (Fsp3) is 0.185. The molecule has 0 aliphatic heterocycles. The second-order valence-corrected chi connectivity index (χ2v) is 10.3. The van der Waals surface area contributed by atoms with Crippen LogP contribution >= 0.6 is 11.6 Å². The summed E-state index contributed by atoms with van der Waals surface area (Å²) >= 11 is 6.41. The molecule has 8 nitrogen and oxygen atoms in total. The second-order valence-electron chi connectivity index (χ2n) is 8.29. The number of ether oxygens (including phenoxy) is 1. The van der Waals surface area contributed by atoms with E-state index in [0.717, 1.165) is 5.56 Å². The topological polar surface area (TPSA) is 102 Å². The monoisotopic (exact) mass is 538 g/mol. The Kier molecular flexibility index (Phi) is 8.15. The molecule has 1 heterocycles. The van der Waals surface area contributed by atoms with Crippen LogP contribution in [0.5, 0.6) is 5.75 Å². The summed E-state index contributed by atoms with van der Waals surface area (Å²) in [6.07, 6.45) is 3.74. The number of urea groups is 1. The van der Waals surface area contributed by atoms with E-state index in [2.05, 4.69) is 15.0 Å². The molecule has 0 radical (unpaired) electrons. The van der Waals surface area contributed by atoms with Crippen molar-refractivity contribution in [2.45, 2.75) is 31.2 Å². The molecule has 2 amide bonds. The van der Waals surface area contributed by atoms with Crippen LogP contribution in [0, 0.1) is 6.92 Å². The number of aromatic nitrogens is 2. The summed E-state index contributed by atoms with van der Waals surface area (Å²) in [6, 6.07) is 19.9. The van der Waals surface area contributed by atoms with Crippen molar-refractivity contribution in [3.05, 3.63) is 107 Å². The van der Waals surface area contributed by atoms with Crippen molar-refractivity contribution in [1.82, 2.24) is 19.6 Å². The predicted molar refractivity (Wildman–Crippen MR) is 143 cm³/mol. The lowest BCUT2D eigenvalue weighted by molar-refractivity contribution is 0.241. The summed E-state index contributed by atoms with van der Waals surface area (Å²) in [5.41, 5.74) is 2.19. The first-order valence-electron chi connectivity index (χ1n) is 11.7. The van der Waals surface area contributed by atoms with Gasteiger partial charge in [-0.1, -0.05) is 60.1 Å². The zero-order valence-electron chi connectivity index (χ0n) is 20.4. The van der Waals surface area contributed by atoms with Gasteiger partial charge in [0.15, 0.2) is 0 Å². The van der Waals surface area contributed by atoms with Crippen molar-refractivity contribution in [2.24, 2.45) is 0 Å². The molecule has 0 aliphatic carbocycles. The first-order valence-corrected chi connectivity index (χ1v) is 13.5. The molecule has 0 fully saturated rings. The third kappa shape index (κ3) is 6.31. The zero-order chi connectivity index (χ0) is 26.4. The summed E-state index contributed by atoms with van der Waals surface area (Å²) in [7, 11) is -4.08. The number of carbonyl (C=O) groups excluding carboxylic acids is 1. The van der Waals surface area contributed by atoms with E-state index in [-0.39, 0.29) is 4.90 Å². The van der Waals surface area contributed by atoms with Crippen LogP contribution in [0.25, 0.3) is 5.69 Å². The van der Waals surface area contributed by atoms with Gasteiger partial charge in [-0.05, 0) is 55.7 Å². The van der Waals surface area contributed by atoms with Gasteiger partial charge in [0, 0.05) is 18.1 Å². The van der Waals surface area contributed by atoms with Gasteiger partial charge in [0.2, 0.25) is 0 Å². The number of aryl methyl sites for hydroxylation is 1. The van der Waals surface area contributed by atoms with E-state index < -0.39 is 22.1 Å². The fourth-order valence-corrected chi connectivity index (χ4v) is 5.37. The van der Waals surface area contributed by atoms with Crippen LogP contribution < -0.4 is 14.8 Å². The highest BCUT2D eigenvalue weighted by atomic mass is 35.5. The number of benzene rings is 3. The van der Waals surface area contributed by atoms with Crippen molar-refractivity contribution in [3.63, 3.8) is 0 Å². The van der Waals surface area contributed by atoms with Crippen molar-refractivity contribution in [2.75, 3.05) is 6.61 Å². The molecule has 4 aromatic rings. The third-order valence-corrected chi connectivity index (χ3v) is 7.46. The Labute approximate surface area is 221 Å². The maximum atomic E-state index is 13.0. The number of sulfonamides is 1. The minimum atomic E-state index is -4.08. The van der Waals surface area contributed by atoms with Gasteiger partial charge in [-0.3, -0.25) is 0 Å². The van der Waals surface area contributed by atoms with Crippen LogP contribution in [0.3, 0.4) is 0 Å². The van der Waals surface area contributed by atoms with Crippen LogP contribution in [0.4, 0.5) is 4.79 Å². The van der Waals surface area contributed by atoms with E-state index in [1.54, 1.807) is 54.2 Å². The van der Waals surface area contributed by atoms with Gasteiger partial charge in [0.25, 0.3) is 10.0 Å². The number of hydrogen-bond acceptors (Lipinski definition) is 5. The molecular formula is C27H27ClN4O4S. The Bertz CT molecular complexity index is 1490. The van der Waals surface area contributed by atoms with Gasteiger partial charge in [0.05, 0.1) is 22.6 Å². The van der Waals surface area contributed by atoms with Crippen molar-refractivity contribution in [1.29, 1.82) is 0 Å². The number of imidazole rings is 1. The van der Waals surface area contributed by atoms with Crippen LogP contribution in [-0.2, 0) is 16.4 Å². The lowest BCUT2D eigenvalue weighted by atomic mass is 10.1. The van der Waals surface area contributed by atoms with E-state index in [1.807, 2.05) is 43.3 Å². The lowest BCUT2D eigenvalue weighted by Gasteiger charge is -2.21. The number of nitrogens with one attached hydrogen (secondary N) is 2. The number of halogens is 1. The maximum absolute atomic E-state index is 13.0. The summed E-state index contributed by atoms with van der Waals surface area (Å²) in [4.78, 5) is 17.5. The normalized spacial score (nSPS) is 12.1. The minimum absolute atomic E-state index is 0.0373. The Morgan fingerprint density at radius 1 is 1.08 bits per heavy atom. The molecule has 1 aromatic heterocycles. The Morgan fingerprint density at radius 3 is 2.51 bits per heavy atom. The van der Waals surface area contributed by atoms with Gasteiger partial charge in [-0.2, -0.15) is 0 Å². The number of hydrogen-bond donors (Lipinski definition) is 2. The molecule has 37 heavy (non-hydrogen) atoms. The molecule has 0 saturated heterocycles. The molecule has 4 rings (SSSR count). The van der Waals surface area contributed by atoms with Gasteiger partial charge < -0.3 is 14.6 Å². The summed E-state index contributed by atoms with van der Waals surface area (Å²) in [6.45, 7) is 4.03. The Morgan fingerprint density at radius 2 is 1.81 bits per heavy atom. The van der Waals surface area contributed by atoms with Gasteiger partial charge in [-0.25, -0.2) is 22.9 Å². The average molecular weight is 539 g/mol. The van der Waals surface area contributed by atoms with Gasteiger partial charge >= 0.3 is 6.03 Å².